The van der Waals surface area contributed by atoms with E-state index in [9.17, 15) is 10.2 Å². The molecular weight excluding hydrogens is 289 g/mol. The second-order valence-electron chi connectivity index (χ2n) is 6.21. The van der Waals surface area contributed by atoms with Gasteiger partial charge in [-0.15, -0.1) is 13.2 Å². The van der Waals surface area contributed by atoms with E-state index in [-0.39, 0.29) is 5.96 Å². The molecule has 0 spiro atoms. The van der Waals surface area contributed by atoms with E-state index in [1.165, 1.54) is 0 Å². The van der Waals surface area contributed by atoms with Crippen molar-refractivity contribution in [1.82, 2.24) is 5.32 Å². The second-order valence-corrected chi connectivity index (χ2v) is 10.5. The Morgan fingerprint density at radius 3 is 2.67 bits per heavy atom. The lowest BCUT2D eigenvalue weighted by Gasteiger charge is -2.22. The minimum absolute atomic E-state index is 0.247. The quantitative estimate of drug-likeness (QED) is 0.543. The van der Waals surface area contributed by atoms with Crippen LogP contribution in [0.4, 0.5) is 0 Å². The zero-order chi connectivity index (χ0) is 15.8. The highest BCUT2D eigenvalue weighted by Gasteiger charge is 2.44. The smallest absolute Gasteiger partial charge is 0.197 e. The molecule has 2 aliphatic heterocycles. The molecule has 1 unspecified atom stereocenters. The summed E-state index contributed by atoms with van der Waals surface area (Å²) in [6.45, 7) is 6.88. The molecule has 0 bridgehead atoms. The number of guanidine groups is 1. The van der Waals surface area contributed by atoms with Gasteiger partial charge in [0.1, 0.15) is 18.3 Å². The fourth-order valence-corrected chi connectivity index (χ4v) is 3.40. The molecule has 0 aliphatic carbocycles. The Balaban J connectivity index is 2.07. The minimum Gasteiger partial charge on any atom is -0.388 e. The molecular formula is C14H24N3O3P. The molecule has 21 heavy (non-hydrogen) atoms. The number of ether oxygens (including phenoxy) is 1. The Morgan fingerprint density at radius 2 is 2.10 bits per heavy atom. The molecule has 6 nitrogen and oxygen atoms in total. The fourth-order valence-electron chi connectivity index (χ4n) is 2.44. The van der Waals surface area contributed by atoms with Gasteiger partial charge >= 0.3 is 0 Å². The van der Waals surface area contributed by atoms with Crippen LogP contribution in [0.2, 0.25) is 0 Å². The van der Waals surface area contributed by atoms with Gasteiger partial charge in [0.15, 0.2) is 5.96 Å². The predicted molar refractivity (Wildman–Crippen MR) is 88.0 cm³/mol. The first-order chi connectivity index (χ1) is 9.69. The molecule has 0 radical (unpaired) electrons. The third-order valence-electron chi connectivity index (χ3n) is 3.65. The Kier molecular flexibility index (Phi) is 4.63. The van der Waals surface area contributed by atoms with Crippen molar-refractivity contribution < 1.29 is 14.9 Å². The van der Waals surface area contributed by atoms with Gasteiger partial charge in [0, 0.05) is 11.8 Å². The molecule has 7 heteroatoms. The van der Waals surface area contributed by atoms with Crippen molar-refractivity contribution in [3.05, 3.63) is 24.0 Å². The van der Waals surface area contributed by atoms with Gasteiger partial charge in [-0.3, -0.25) is 0 Å². The van der Waals surface area contributed by atoms with Crippen molar-refractivity contribution in [3.8, 4) is 0 Å². The maximum atomic E-state index is 10.2. The number of aliphatic imine (C=N–C) groups is 1. The van der Waals surface area contributed by atoms with Crippen molar-refractivity contribution in [3.63, 3.8) is 0 Å². The molecule has 2 rings (SSSR count). The molecule has 0 saturated carbocycles. The van der Waals surface area contributed by atoms with Crippen molar-refractivity contribution >= 4 is 19.1 Å². The minimum atomic E-state index is -1.19. The van der Waals surface area contributed by atoms with Crippen LogP contribution < -0.4 is 11.1 Å². The molecule has 118 valence electrons. The first-order valence-corrected chi connectivity index (χ1v) is 9.93. The number of nitrogens with one attached hydrogen (secondary N) is 1. The Hall–Kier alpha value is -1.07. The first kappa shape index (κ1) is 16.3. The fraction of sp³-hybridized carbons (Fsp3) is 0.571. The van der Waals surface area contributed by atoms with Crippen LogP contribution in [0.5, 0.6) is 0 Å². The topological polar surface area (TPSA) is 100 Å². The first-order valence-electron chi connectivity index (χ1n) is 6.88. The van der Waals surface area contributed by atoms with E-state index in [4.69, 9.17) is 10.5 Å². The van der Waals surface area contributed by atoms with Crippen LogP contribution >= 0.6 is 6.89 Å². The van der Waals surface area contributed by atoms with Gasteiger partial charge in [0.05, 0.1) is 11.8 Å². The molecule has 1 fully saturated rings. The van der Waals surface area contributed by atoms with Gasteiger partial charge in [0.2, 0.25) is 0 Å². The Bertz CT molecular complexity index is 538. The third-order valence-corrected chi connectivity index (χ3v) is 5.12. The van der Waals surface area contributed by atoms with E-state index in [0.29, 0.717) is 17.7 Å². The summed E-state index contributed by atoms with van der Waals surface area (Å²) >= 11 is 0. The average Bonchev–Trinajstić information content (AvgIpc) is 2.64. The van der Waals surface area contributed by atoms with Crippen LogP contribution in [0.3, 0.4) is 0 Å². The van der Waals surface area contributed by atoms with Gasteiger partial charge in [-0.2, -0.15) is 0 Å². The van der Waals surface area contributed by atoms with E-state index in [2.05, 4.69) is 36.5 Å². The summed E-state index contributed by atoms with van der Waals surface area (Å²) in [5, 5.41) is 23.2. The molecule has 4 atom stereocenters. The highest BCUT2D eigenvalue weighted by Crippen LogP contribution is 2.39. The molecule has 2 aliphatic rings. The van der Waals surface area contributed by atoms with Crippen molar-refractivity contribution in [2.24, 2.45) is 10.7 Å². The number of hydrogen-bond acceptors (Lipinski definition) is 6. The van der Waals surface area contributed by atoms with Crippen LogP contribution in [-0.2, 0) is 4.74 Å². The molecule has 2 heterocycles. The highest BCUT2D eigenvalue weighted by molar-refractivity contribution is 7.72. The van der Waals surface area contributed by atoms with Crippen molar-refractivity contribution in [2.75, 3.05) is 19.5 Å². The average molecular weight is 313 g/mol. The summed E-state index contributed by atoms with van der Waals surface area (Å²) in [5.41, 5.74) is 6.60. The summed E-state index contributed by atoms with van der Waals surface area (Å²) in [6, 6.07) is 0. The Labute approximate surface area is 125 Å². The SMILES string of the molecule is C=C1N=C(N)NC=C1C1O[C@H](CCP(=C)(C)C)[C@@H](O)[C@H]1O. The summed E-state index contributed by atoms with van der Waals surface area (Å²) in [7, 11) is 0. The lowest BCUT2D eigenvalue weighted by molar-refractivity contribution is 0.0189. The van der Waals surface area contributed by atoms with Crippen LogP contribution in [-0.4, -0.2) is 66.4 Å². The van der Waals surface area contributed by atoms with E-state index in [1.807, 2.05) is 0 Å². The molecule has 0 aromatic carbocycles. The van der Waals surface area contributed by atoms with Crippen molar-refractivity contribution in [1.29, 1.82) is 0 Å². The van der Waals surface area contributed by atoms with E-state index in [0.717, 1.165) is 6.16 Å². The molecule has 1 saturated heterocycles. The summed E-state index contributed by atoms with van der Waals surface area (Å²) in [4.78, 5) is 4.02. The predicted octanol–water partition coefficient (Wildman–Crippen LogP) is -0.110. The lowest BCUT2D eigenvalue weighted by Crippen LogP contribution is -2.37. The number of aliphatic hydroxyl groups is 2. The van der Waals surface area contributed by atoms with Gasteiger partial charge in [-0.25, -0.2) is 4.99 Å². The van der Waals surface area contributed by atoms with Crippen LogP contribution in [0.15, 0.2) is 29.0 Å². The Morgan fingerprint density at radius 1 is 1.43 bits per heavy atom. The van der Waals surface area contributed by atoms with Crippen LogP contribution in [0.1, 0.15) is 6.42 Å². The monoisotopic (exact) mass is 313 g/mol. The molecule has 5 N–H and O–H groups in total. The lowest BCUT2D eigenvalue weighted by atomic mass is 9.99. The van der Waals surface area contributed by atoms with Gasteiger partial charge in [0.25, 0.3) is 0 Å². The van der Waals surface area contributed by atoms with E-state index >= 15 is 0 Å². The maximum Gasteiger partial charge on any atom is 0.197 e. The number of nitrogens with two attached hydrogens (primary N) is 1. The summed E-state index contributed by atoms with van der Waals surface area (Å²) in [6.07, 6.45) is 4.38. The summed E-state index contributed by atoms with van der Waals surface area (Å²) < 4.78 is 5.84. The zero-order valence-corrected chi connectivity index (χ0v) is 13.4. The van der Waals surface area contributed by atoms with Gasteiger partial charge in [-0.1, -0.05) is 6.58 Å². The zero-order valence-electron chi connectivity index (χ0n) is 12.5. The molecule has 0 aromatic rings. The maximum absolute atomic E-state index is 10.2. The number of aliphatic hydroxyl groups excluding tert-OH is 2. The van der Waals surface area contributed by atoms with Gasteiger partial charge < -0.3 is 26.0 Å². The van der Waals surface area contributed by atoms with Crippen LogP contribution in [0.25, 0.3) is 0 Å². The van der Waals surface area contributed by atoms with Crippen molar-refractivity contribution in [2.45, 2.75) is 30.8 Å². The standard InChI is InChI=1S/C14H24N3O3P/c1-8-9(7-16-14(15)17-8)13-12(19)11(18)10(20-13)5-6-21(2,3)4/h7,10-13,18-19H,1-2,5-6H2,3-4H3,(H3,15,16,17)/t10-,11-,12-,13?/m1/s1. The third kappa shape index (κ3) is 3.77. The summed E-state index contributed by atoms with van der Waals surface area (Å²) in [5.74, 6) is 0.247. The van der Waals surface area contributed by atoms with Crippen LogP contribution in [0, 0.1) is 0 Å². The van der Waals surface area contributed by atoms with E-state index in [1.54, 1.807) is 6.20 Å². The van der Waals surface area contributed by atoms with E-state index < -0.39 is 31.3 Å². The number of nitrogens with zero attached hydrogens (tertiary/aromatic N) is 1. The largest absolute Gasteiger partial charge is 0.388 e. The normalized spacial score (nSPS) is 33.4. The highest BCUT2D eigenvalue weighted by atomic mass is 31.2. The molecule has 0 amide bonds. The number of hydrogen-bond donors (Lipinski definition) is 4. The molecule has 0 aromatic heterocycles. The number of rotatable bonds is 4. The second kappa shape index (κ2) is 5.97. The van der Waals surface area contributed by atoms with Gasteiger partial charge in [-0.05, 0) is 25.9 Å².